The molecule has 0 heteroatoms. The summed E-state index contributed by atoms with van der Waals surface area (Å²) >= 11 is 0. The molecule has 1 atom stereocenters. The minimum atomic E-state index is 0.965. The molecule has 0 aromatic carbocycles. The van der Waals surface area contributed by atoms with E-state index < -0.39 is 0 Å². The monoisotopic (exact) mass is 124 g/mol. The molecule has 0 spiro atoms. The Kier molecular flexibility index (Phi) is 3.10. The highest BCUT2D eigenvalue weighted by molar-refractivity contribution is 4.74. The van der Waals surface area contributed by atoms with Crippen LogP contribution >= 0.6 is 0 Å². The van der Waals surface area contributed by atoms with E-state index in [2.05, 4.69) is 13.3 Å². The van der Waals surface area contributed by atoms with E-state index in [9.17, 15) is 0 Å². The van der Waals surface area contributed by atoms with Gasteiger partial charge in [-0.15, -0.1) is 0 Å². The smallest absolute Gasteiger partial charge is 0.0171 e. The molecular weight excluding hydrogens is 108 g/mol. The van der Waals surface area contributed by atoms with Crippen LogP contribution in [-0.4, -0.2) is 0 Å². The molecule has 0 aliphatic heterocycles. The first-order valence-electron chi connectivity index (χ1n) is 4.14. The lowest BCUT2D eigenvalue weighted by molar-refractivity contribution is 0.469. The van der Waals surface area contributed by atoms with E-state index in [-0.39, 0.29) is 0 Å². The maximum atomic E-state index is 3.45. The summed E-state index contributed by atoms with van der Waals surface area (Å²) in [6.07, 6.45) is 11.6. The zero-order chi connectivity index (χ0) is 6.53. The predicted molar refractivity (Wildman–Crippen MR) is 40.1 cm³/mol. The maximum Gasteiger partial charge on any atom is -0.0171 e. The normalized spacial score (nSPS) is 23.7. The molecule has 0 aromatic rings. The molecule has 0 saturated heterocycles. The zero-order valence-corrected chi connectivity index (χ0v) is 6.32. The van der Waals surface area contributed by atoms with E-state index in [1.807, 2.05) is 0 Å². The molecule has 1 aliphatic rings. The molecule has 1 fully saturated rings. The molecule has 1 unspecified atom stereocenters. The third-order valence-electron chi connectivity index (χ3n) is 2.23. The lowest BCUT2D eigenvalue weighted by Crippen LogP contribution is -1.94. The van der Waals surface area contributed by atoms with Gasteiger partial charge in [-0.05, 0) is 25.2 Å². The summed E-state index contributed by atoms with van der Waals surface area (Å²) in [7, 11) is 0. The molecule has 0 bridgehead atoms. The van der Waals surface area contributed by atoms with Gasteiger partial charge in [0.15, 0.2) is 0 Å². The molecule has 0 nitrogen and oxygen atoms in total. The third kappa shape index (κ3) is 2.38. The van der Waals surface area contributed by atoms with Crippen LogP contribution in [0, 0.1) is 12.3 Å². The summed E-state index contributed by atoms with van der Waals surface area (Å²) in [5.41, 5.74) is 0. The SMILES string of the molecule is CCC1C[C]CCCC1. The second kappa shape index (κ2) is 3.92. The van der Waals surface area contributed by atoms with Gasteiger partial charge in [0.05, 0.1) is 0 Å². The van der Waals surface area contributed by atoms with Gasteiger partial charge in [-0.1, -0.05) is 32.6 Å². The Hall–Kier alpha value is 0. The van der Waals surface area contributed by atoms with Crippen LogP contribution in [0.5, 0.6) is 0 Å². The third-order valence-corrected chi connectivity index (χ3v) is 2.23. The lowest BCUT2D eigenvalue weighted by atomic mass is 9.98. The Balaban J connectivity index is 2.18. The summed E-state index contributed by atoms with van der Waals surface area (Å²) in [6, 6.07) is 0. The Morgan fingerprint density at radius 3 is 3.11 bits per heavy atom. The summed E-state index contributed by atoms with van der Waals surface area (Å²) < 4.78 is 0. The van der Waals surface area contributed by atoms with Crippen LogP contribution in [0.3, 0.4) is 0 Å². The standard InChI is InChI=1S/C9H16/c1-2-9-7-5-3-4-6-8-9/h9H,2-5,7-8H2,1H3. The average Bonchev–Trinajstić information content (AvgIpc) is 2.13. The molecule has 1 saturated carbocycles. The van der Waals surface area contributed by atoms with Crippen LogP contribution < -0.4 is 0 Å². The zero-order valence-electron chi connectivity index (χ0n) is 6.32. The van der Waals surface area contributed by atoms with Crippen molar-refractivity contribution in [1.29, 1.82) is 0 Å². The van der Waals surface area contributed by atoms with E-state index in [1.165, 1.54) is 38.5 Å². The molecule has 1 aliphatic carbocycles. The Morgan fingerprint density at radius 2 is 2.33 bits per heavy atom. The largest absolute Gasteiger partial charge is 0.0651 e. The first kappa shape index (κ1) is 7.11. The summed E-state index contributed by atoms with van der Waals surface area (Å²) in [4.78, 5) is 0. The molecule has 52 valence electrons. The van der Waals surface area contributed by atoms with Gasteiger partial charge < -0.3 is 0 Å². The van der Waals surface area contributed by atoms with Crippen molar-refractivity contribution in [3.05, 3.63) is 6.42 Å². The molecule has 1 rings (SSSR count). The van der Waals surface area contributed by atoms with Crippen LogP contribution in [0.4, 0.5) is 0 Å². The first-order chi connectivity index (χ1) is 4.43. The highest BCUT2D eigenvalue weighted by Gasteiger charge is 2.09. The van der Waals surface area contributed by atoms with Crippen LogP contribution in [-0.2, 0) is 0 Å². The minimum absolute atomic E-state index is 0.965. The lowest BCUT2D eigenvalue weighted by Gasteiger charge is -2.08. The highest BCUT2D eigenvalue weighted by Crippen LogP contribution is 2.23. The van der Waals surface area contributed by atoms with Crippen molar-refractivity contribution in [3.8, 4) is 0 Å². The number of hydrogen-bond acceptors (Lipinski definition) is 0. The second-order valence-electron chi connectivity index (χ2n) is 2.97. The molecule has 9 heavy (non-hydrogen) atoms. The van der Waals surface area contributed by atoms with Gasteiger partial charge in [0.1, 0.15) is 0 Å². The van der Waals surface area contributed by atoms with Crippen molar-refractivity contribution in [2.24, 2.45) is 5.92 Å². The van der Waals surface area contributed by atoms with Crippen molar-refractivity contribution in [2.75, 3.05) is 0 Å². The molecule has 0 heterocycles. The van der Waals surface area contributed by atoms with Crippen molar-refractivity contribution in [2.45, 2.75) is 45.4 Å². The summed E-state index contributed by atoms with van der Waals surface area (Å²) in [5.74, 6) is 0.965. The Bertz CT molecular complexity index is 58.4. The Morgan fingerprint density at radius 1 is 1.44 bits per heavy atom. The van der Waals surface area contributed by atoms with Crippen molar-refractivity contribution < 1.29 is 0 Å². The van der Waals surface area contributed by atoms with E-state index in [1.54, 1.807) is 0 Å². The van der Waals surface area contributed by atoms with E-state index in [4.69, 9.17) is 0 Å². The average molecular weight is 124 g/mol. The van der Waals surface area contributed by atoms with E-state index in [0.717, 1.165) is 5.92 Å². The van der Waals surface area contributed by atoms with Gasteiger partial charge in [-0.25, -0.2) is 0 Å². The van der Waals surface area contributed by atoms with Gasteiger partial charge in [-0.2, -0.15) is 0 Å². The fraction of sp³-hybridized carbons (Fsp3) is 0.889. The van der Waals surface area contributed by atoms with Crippen LogP contribution in [0.25, 0.3) is 0 Å². The fourth-order valence-electron chi connectivity index (χ4n) is 1.44. The fourth-order valence-corrected chi connectivity index (χ4v) is 1.44. The molecule has 2 radical (unpaired) electrons. The van der Waals surface area contributed by atoms with Gasteiger partial charge in [0.25, 0.3) is 0 Å². The maximum absolute atomic E-state index is 3.45. The van der Waals surface area contributed by atoms with E-state index >= 15 is 0 Å². The van der Waals surface area contributed by atoms with Crippen LogP contribution in [0.2, 0.25) is 0 Å². The topological polar surface area (TPSA) is 0 Å². The molecule has 0 N–H and O–H groups in total. The van der Waals surface area contributed by atoms with Crippen molar-refractivity contribution in [1.82, 2.24) is 0 Å². The van der Waals surface area contributed by atoms with Crippen molar-refractivity contribution >= 4 is 0 Å². The Labute approximate surface area is 58.7 Å². The van der Waals surface area contributed by atoms with Gasteiger partial charge >= 0.3 is 0 Å². The molecule has 0 amide bonds. The van der Waals surface area contributed by atoms with Crippen LogP contribution in [0.1, 0.15) is 45.4 Å². The quantitative estimate of drug-likeness (QED) is 0.471. The van der Waals surface area contributed by atoms with E-state index in [0.29, 0.717) is 0 Å². The number of hydrogen-bond donors (Lipinski definition) is 0. The highest BCUT2D eigenvalue weighted by atomic mass is 14.1. The van der Waals surface area contributed by atoms with Gasteiger partial charge in [-0.3, -0.25) is 0 Å². The predicted octanol–water partition coefficient (Wildman–Crippen LogP) is 3.06. The van der Waals surface area contributed by atoms with Gasteiger partial charge in [0.2, 0.25) is 0 Å². The second-order valence-corrected chi connectivity index (χ2v) is 2.97. The van der Waals surface area contributed by atoms with Crippen LogP contribution in [0.15, 0.2) is 0 Å². The van der Waals surface area contributed by atoms with Gasteiger partial charge in [0, 0.05) is 0 Å². The summed E-state index contributed by atoms with van der Waals surface area (Å²) in [5, 5.41) is 0. The molecule has 0 aromatic heterocycles. The van der Waals surface area contributed by atoms with Crippen molar-refractivity contribution in [3.63, 3.8) is 0 Å². The minimum Gasteiger partial charge on any atom is -0.0651 e. The molecular formula is C9H16. The first-order valence-corrected chi connectivity index (χ1v) is 4.14. The number of rotatable bonds is 1. The summed E-state index contributed by atoms with van der Waals surface area (Å²) in [6.45, 7) is 2.29.